The molecule has 1 aliphatic carbocycles. The van der Waals surface area contributed by atoms with Crippen LogP contribution in [0.2, 0.25) is 0 Å². The monoisotopic (exact) mass is 420 g/mol. The summed E-state index contributed by atoms with van der Waals surface area (Å²) in [7, 11) is 0. The molecule has 0 bridgehead atoms. The van der Waals surface area contributed by atoms with E-state index < -0.39 is 0 Å². The number of hydrogen-bond acceptors (Lipinski definition) is 2. The predicted octanol–water partition coefficient (Wildman–Crippen LogP) is 7.81. The minimum absolute atomic E-state index is 0.748. The highest BCUT2D eigenvalue weighted by Crippen LogP contribution is 2.53. The number of nitrogens with zero attached hydrogens (tertiary/aromatic N) is 1. The highest BCUT2D eigenvalue weighted by Gasteiger charge is 2.45. The molecule has 30 heavy (non-hydrogen) atoms. The summed E-state index contributed by atoms with van der Waals surface area (Å²) >= 11 is 0. The first-order chi connectivity index (χ1) is 14.6. The van der Waals surface area contributed by atoms with Crippen molar-refractivity contribution < 1.29 is 0 Å². The average Bonchev–Trinajstić information content (AvgIpc) is 2.73. The van der Waals surface area contributed by atoms with Crippen molar-refractivity contribution in [1.29, 1.82) is 0 Å². The van der Waals surface area contributed by atoms with Crippen LogP contribution in [-0.2, 0) is 0 Å². The third-order valence-electron chi connectivity index (χ3n) is 8.52. The van der Waals surface area contributed by atoms with Crippen LogP contribution in [-0.4, -0.2) is 37.1 Å². The lowest BCUT2D eigenvalue weighted by atomic mass is 9.57. The minimum Gasteiger partial charge on any atom is -0.314 e. The van der Waals surface area contributed by atoms with Gasteiger partial charge in [0.25, 0.3) is 0 Å². The van der Waals surface area contributed by atoms with E-state index in [2.05, 4.69) is 37.9 Å². The molecule has 0 amide bonds. The maximum Gasteiger partial charge on any atom is 0.00668 e. The normalized spacial score (nSPS) is 20.7. The van der Waals surface area contributed by atoms with Crippen LogP contribution in [0, 0.1) is 17.3 Å². The topological polar surface area (TPSA) is 15.3 Å². The van der Waals surface area contributed by atoms with Crippen molar-refractivity contribution in [2.45, 2.75) is 136 Å². The van der Waals surface area contributed by atoms with Crippen LogP contribution in [0.25, 0.3) is 0 Å². The van der Waals surface area contributed by atoms with E-state index >= 15 is 0 Å². The van der Waals surface area contributed by atoms with Gasteiger partial charge in [0.05, 0.1) is 0 Å². The van der Waals surface area contributed by atoms with Gasteiger partial charge in [-0.1, -0.05) is 79.1 Å². The van der Waals surface area contributed by atoms with E-state index in [9.17, 15) is 0 Å². The third kappa shape index (κ3) is 9.19. The summed E-state index contributed by atoms with van der Waals surface area (Å²) in [4.78, 5) is 2.80. The van der Waals surface area contributed by atoms with Gasteiger partial charge in [-0.15, -0.1) is 0 Å². The standard InChI is InChI=1S/C28H56N2/c1-5-9-10-11-14-25(8-4)16-20-30-21-17-28(18-22-30)23-26(24-28)15-19-29-27(12-6-2)13-7-3/h25-27,29H,5-24H2,1-4H3. The molecule has 0 radical (unpaired) electrons. The van der Waals surface area contributed by atoms with Crippen LogP contribution in [0.15, 0.2) is 0 Å². The Morgan fingerprint density at radius 1 is 0.833 bits per heavy atom. The molecule has 1 heterocycles. The number of nitrogens with one attached hydrogen (secondary N) is 1. The zero-order valence-corrected chi connectivity index (χ0v) is 21.3. The Kier molecular flexibility index (Phi) is 13.0. The van der Waals surface area contributed by atoms with Gasteiger partial charge in [-0.25, -0.2) is 0 Å². The third-order valence-corrected chi connectivity index (χ3v) is 8.52. The van der Waals surface area contributed by atoms with E-state index in [-0.39, 0.29) is 0 Å². The Labute approximate surface area is 190 Å². The van der Waals surface area contributed by atoms with Crippen LogP contribution in [0.1, 0.15) is 130 Å². The first-order valence-electron chi connectivity index (χ1n) is 14.1. The second kappa shape index (κ2) is 14.9. The van der Waals surface area contributed by atoms with E-state index in [1.54, 1.807) is 0 Å². The van der Waals surface area contributed by atoms with Gasteiger partial charge in [0.2, 0.25) is 0 Å². The average molecular weight is 421 g/mol. The van der Waals surface area contributed by atoms with Gasteiger partial charge in [0.15, 0.2) is 0 Å². The lowest BCUT2D eigenvalue weighted by Crippen LogP contribution is -2.48. The Morgan fingerprint density at radius 2 is 1.53 bits per heavy atom. The molecule has 2 heteroatoms. The van der Waals surface area contributed by atoms with Crippen LogP contribution >= 0.6 is 0 Å². The van der Waals surface area contributed by atoms with Crippen molar-refractivity contribution in [3.63, 3.8) is 0 Å². The van der Waals surface area contributed by atoms with Crippen molar-refractivity contribution in [1.82, 2.24) is 10.2 Å². The second-order valence-electron chi connectivity index (χ2n) is 11.0. The van der Waals surface area contributed by atoms with Gasteiger partial charge in [0, 0.05) is 6.04 Å². The second-order valence-corrected chi connectivity index (χ2v) is 11.0. The first kappa shape index (κ1) is 26.2. The van der Waals surface area contributed by atoms with Crippen molar-refractivity contribution in [2.24, 2.45) is 17.3 Å². The molecule has 2 aliphatic rings. The Hall–Kier alpha value is -0.0800. The molecular weight excluding hydrogens is 364 g/mol. The minimum atomic E-state index is 0.748. The number of likely N-dealkylation sites (tertiary alicyclic amines) is 1. The lowest BCUT2D eigenvalue weighted by Gasteiger charge is -2.52. The van der Waals surface area contributed by atoms with Crippen LogP contribution in [0.5, 0.6) is 0 Å². The van der Waals surface area contributed by atoms with Gasteiger partial charge in [0.1, 0.15) is 0 Å². The summed E-state index contributed by atoms with van der Waals surface area (Å²) in [6.45, 7) is 14.8. The molecule has 0 aromatic rings. The van der Waals surface area contributed by atoms with Gasteiger partial charge >= 0.3 is 0 Å². The van der Waals surface area contributed by atoms with Gasteiger partial charge in [-0.05, 0) is 94.8 Å². The molecule has 178 valence electrons. The van der Waals surface area contributed by atoms with E-state index in [1.165, 1.54) is 129 Å². The van der Waals surface area contributed by atoms with Crippen molar-refractivity contribution in [3.8, 4) is 0 Å². The van der Waals surface area contributed by atoms with Gasteiger partial charge in [-0.3, -0.25) is 0 Å². The fraction of sp³-hybridized carbons (Fsp3) is 1.00. The molecule has 1 spiro atoms. The number of unbranched alkanes of at least 4 members (excludes halogenated alkanes) is 3. The molecular formula is C28H56N2. The lowest BCUT2D eigenvalue weighted by molar-refractivity contribution is -0.0171. The van der Waals surface area contributed by atoms with Crippen LogP contribution in [0.4, 0.5) is 0 Å². The first-order valence-corrected chi connectivity index (χ1v) is 14.1. The van der Waals surface area contributed by atoms with E-state index in [0.717, 1.165) is 23.3 Å². The summed E-state index contributed by atoms with van der Waals surface area (Å²) in [6, 6.07) is 0.774. The highest BCUT2D eigenvalue weighted by atomic mass is 15.1. The molecule has 0 aromatic carbocycles. The molecule has 1 saturated heterocycles. The Balaban J connectivity index is 1.54. The maximum atomic E-state index is 3.87. The zero-order chi connectivity index (χ0) is 21.7. The number of rotatable bonds is 17. The fourth-order valence-corrected chi connectivity index (χ4v) is 6.34. The van der Waals surface area contributed by atoms with Crippen LogP contribution in [0.3, 0.4) is 0 Å². The molecule has 0 aromatic heterocycles. The van der Waals surface area contributed by atoms with Gasteiger partial charge < -0.3 is 10.2 Å². The molecule has 2 rings (SSSR count). The molecule has 1 N–H and O–H groups in total. The van der Waals surface area contributed by atoms with E-state index in [4.69, 9.17) is 0 Å². The summed E-state index contributed by atoms with van der Waals surface area (Å²) in [6.07, 6.45) is 22.8. The Morgan fingerprint density at radius 3 is 2.13 bits per heavy atom. The van der Waals surface area contributed by atoms with Crippen LogP contribution < -0.4 is 5.32 Å². The zero-order valence-electron chi connectivity index (χ0n) is 21.3. The summed E-state index contributed by atoms with van der Waals surface area (Å²) in [5.41, 5.74) is 0.748. The van der Waals surface area contributed by atoms with Crippen molar-refractivity contribution in [2.75, 3.05) is 26.2 Å². The Bertz CT molecular complexity index is 399. The van der Waals surface area contributed by atoms with Crippen molar-refractivity contribution in [3.05, 3.63) is 0 Å². The predicted molar refractivity (Wildman–Crippen MR) is 134 cm³/mol. The largest absolute Gasteiger partial charge is 0.314 e. The summed E-state index contributed by atoms with van der Waals surface area (Å²) in [5.74, 6) is 1.99. The highest BCUT2D eigenvalue weighted by molar-refractivity contribution is 4.97. The SMILES string of the molecule is CCCCCCC(CC)CCN1CCC2(CC1)CC(CCNC(CCC)CCC)C2. The van der Waals surface area contributed by atoms with E-state index in [0.29, 0.717) is 0 Å². The maximum absolute atomic E-state index is 3.87. The molecule has 1 unspecified atom stereocenters. The van der Waals surface area contributed by atoms with Crippen molar-refractivity contribution >= 4 is 0 Å². The molecule has 2 nitrogen and oxygen atoms in total. The van der Waals surface area contributed by atoms with E-state index in [1.807, 2.05) is 0 Å². The molecule has 1 atom stereocenters. The number of hydrogen-bond donors (Lipinski definition) is 1. The number of piperidine rings is 1. The quantitative estimate of drug-likeness (QED) is 0.241. The molecule has 1 saturated carbocycles. The van der Waals surface area contributed by atoms with Gasteiger partial charge in [-0.2, -0.15) is 0 Å². The summed E-state index contributed by atoms with van der Waals surface area (Å²) < 4.78 is 0. The summed E-state index contributed by atoms with van der Waals surface area (Å²) in [5, 5.41) is 3.87. The molecule has 2 fully saturated rings. The molecule has 1 aliphatic heterocycles. The smallest absolute Gasteiger partial charge is 0.00668 e. The fourth-order valence-electron chi connectivity index (χ4n) is 6.34.